The summed E-state index contributed by atoms with van der Waals surface area (Å²) < 4.78 is 59.0. The SMILES string of the molecule is CCOC(=O)C1=Cc2ccc(C(F)(F)F)cc2[C@H](C(=O)Oc2c(C(C)C)cccc2C(C)C)O[C@H]1c1ccccc1. The van der Waals surface area contributed by atoms with E-state index >= 15 is 0 Å². The van der Waals surface area contributed by atoms with E-state index in [1.165, 1.54) is 12.1 Å². The Balaban J connectivity index is 1.90. The number of carbonyl (C=O) groups is 2. The Morgan fingerprint density at radius 1 is 0.902 bits per heavy atom. The largest absolute Gasteiger partial charge is 0.463 e. The number of rotatable bonds is 7. The summed E-state index contributed by atoms with van der Waals surface area (Å²) in [7, 11) is 0. The second-order valence-electron chi connectivity index (χ2n) is 10.5. The molecule has 3 aromatic rings. The second kappa shape index (κ2) is 12.3. The summed E-state index contributed by atoms with van der Waals surface area (Å²) in [6.45, 7) is 9.58. The normalized spacial score (nSPS) is 17.1. The lowest BCUT2D eigenvalue weighted by Gasteiger charge is -2.26. The number of benzene rings is 3. The van der Waals surface area contributed by atoms with Crippen molar-refractivity contribution < 1.29 is 37.0 Å². The van der Waals surface area contributed by atoms with E-state index in [9.17, 15) is 22.8 Å². The number of carbonyl (C=O) groups excluding carboxylic acids is 2. The van der Waals surface area contributed by atoms with Crippen LogP contribution in [0.25, 0.3) is 6.08 Å². The van der Waals surface area contributed by atoms with E-state index in [1.807, 2.05) is 45.9 Å². The lowest BCUT2D eigenvalue weighted by molar-refractivity contribution is -0.153. The summed E-state index contributed by atoms with van der Waals surface area (Å²) in [5.41, 5.74) is 1.37. The third-order valence-corrected chi connectivity index (χ3v) is 6.91. The van der Waals surface area contributed by atoms with Gasteiger partial charge >= 0.3 is 18.1 Å². The molecular weight excluding hydrogens is 533 g/mol. The van der Waals surface area contributed by atoms with Crippen molar-refractivity contribution in [1.29, 1.82) is 0 Å². The van der Waals surface area contributed by atoms with Gasteiger partial charge in [-0.05, 0) is 64.8 Å². The van der Waals surface area contributed by atoms with E-state index in [4.69, 9.17) is 14.2 Å². The fourth-order valence-corrected chi connectivity index (χ4v) is 4.84. The van der Waals surface area contributed by atoms with Crippen molar-refractivity contribution in [3.8, 4) is 5.75 Å². The van der Waals surface area contributed by atoms with Gasteiger partial charge in [0.05, 0.1) is 17.7 Å². The van der Waals surface area contributed by atoms with E-state index in [0.29, 0.717) is 11.3 Å². The molecule has 0 aromatic heterocycles. The average Bonchev–Trinajstić information content (AvgIpc) is 3.10. The van der Waals surface area contributed by atoms with Crippen LogP contribution in [-0.4, -0.2) is 18.5 Å². The summed E-state index contributed by atoms with van der Waals surface area (Å²) in [5, 5.41) is 0. The molecule has 0 amide bonds. The van der Waals surface area contributed by atoms with Crippen LogP contribution in [0.4, 0.5) is 13.2 Å². The van der Waals surface area contributed by atoms with Crippen LogP contribution in [0.2, 0.25) is 0 Å². The number of ether oxygens (including phenoxy) is 3. The molecule has 0 aliphatic carbocycles. The van der Waals surface area contributed by atoms with Gasteiger partial charge in [-0.1, -0.05) is 82.3 Å². The summed E-state index contributed by atoms with van der Waals surface area (Å²) in [5.74, 6) is -1.22. The van der Waals surface area contributed by atoms with Gasteiger partial charge in [-0.15, -0.1) is 0 Å². The van der Waals surface area contributed by atoms with E-state index in [0.717, 1.165) is 23.3 Å². The Kier molecular flexibility index (Phi) is 9.02. The Hall–Kier alpha value is -3.91. The van der Waals surface area contributed by atoms with Gasteiger partial charge in [0.25, 0.3) is 0 Å². The summed E-state index contributed by atoms with van der Waals surface area (Å²) in [6.07, 6.45) is -5.93. The number of hydrogen-bond acceptors (Lipinski definition) is 5. The Morgan fingerprint density at radius 2 is 1.54 bits per heavy atom. The van der Waals surface area contributed by atoms with Crippen LogP contribution in [-0.2, 0) is 25.2 Å². The van der Waals surface area contributed by atoms with Gasteiger partial charge in [-0.3, -0.25) is 0 Å². The van der Waals surface area contributed by atoms with E-state index in [2.05, 4.69) is 0 Å². The minimum atomic E-state index is -4.67. The fourth-order valence-electron chi connectivity index (χ4n) is 4.84. The molecule has 3 aromatic carbocycles. The van der Waals surface area contributed by atoms with Crippen LogP contribution in [0, 0.1) is 0 Å². The highest BCUT2D eigenvalue weighted by Gasteiger charge is 2.39. The van der Waals surface area contributed by atoms with Crippen LogP contribution in [0.5, 0.6) is 5.75 Å². The number of alkyl halides is 3. The van der Waals surface area contributed by atoms with Gasteiger partial charge in [0.1, 0.15) is 11.9 Å². The van der Waals surface area contributed by atoms with Crippen LogP contribution < -0.4 is 4.74 Å². The molecule has 8 heteroatoms. The first kappa shape index (κ1) is 30.1. The molecule has 0 radical (unpaired) electrons. The number of para-hydroxylation sites is 1. The first-order chi connectivity index (χ1) is 19.4. The third kappa shape index (κ3) is 6.54. The van der Waals surface area contributed by atoms with Crippen LogP contribution >= 0.6 is 0 Å². The predicted molar refractivity (Wildman–Crippen MR) is 149 cm³/mol. The van der Waals surface area contributed by atoms with Gasteiger partial charge in [-0.25, -0.2) is 9.59 Å². The van der Waals surface area contributed by atoms with Crippen LogP contribution in [0.1, 0.15) is 92.0 Å². The fraction of sp³-hybridized carbons (Fsp3) is 0.333. The zero-order valence-corrected chi connectivity index (χ0v) is 23.6. The minimum Gasteiger partial charge on any atom is -0.463 e. The molecule has 1 aliphatic heterocycles. The molecule has 0 fully saturated rings. The molecule has 0 spiro atoms. The van der Waals surface area contributed by atoms with Crippen molar-refractivity contribution in [1.82, 2.24) is 0 Å². The molecule has 0 bridgehead atoms. The molecule has 41 heavy (non-hydrogen) atoms. The Morgan fingerprint density at radius 3 is 2.10 bits per heavy atom. The van der Waals surface area contributed by atoms with Crippen molar-refractivity contribution in [2.75, 3.05) is 6.61 Å². The van der Waals surface area contributed by atoms with Gasteiger partial charge in [0, 0.05) is 0 Å². The first-order valence-electron chi connectivity index (χ1n) is 13.6. The monoisotopic (exact) mass is 566 g/mol. The molecule has 0 unspecified atom stereocenters. The summed E-state index contributed by atoms with van der Waals surface area (Å²) in [6, 6.07) is 17.3. The van der Waals surface area contributed by atoms with Crippen molar-refractivity contribution in [2.24, 2.45) is 0 Å². The van der Waals surface area contributed by atoms with Crippen molar-refractivity contribution >= 4 is 18.0 Å². The second-order valence-corrected chi connectivity index (χ2v) is 10.5. The molecule has 1 heterocycles. The smallest absolute Gasteiger partial charge is 0.416 e. The molecule has 0 N–H and O–H groups in total. The van der Waals surface area contributed by atoms with Crippen molar-refractivity contribution in [2.45, 2.75) is 64.8 Å². The molecule has 4 rings (SSSR count). The predicted octanol–water partition coefficient (Wildman–Crippen LogP) is 8.32. The minimum absolute atomic E-state index is 0.00446. The Labute approximate surface area is 237 Å². The first-order valence-corrected chi connectivity index (χ1v) is 13.6. The summed E-state index contributed by atoms with van der Waals surface area (Å²) in [4.78, 5) is 27.1. The van der Waals surface area contributed by atoms with Gasteiger partial charge in [0.2, 0.25) is 0 Å². The molecule has 0 saturated carbocycles. The number of hydrogen-bond donors (Lipinski definition) is 0. The molecule has 0 saturated heterocycles. The van der Waals surface area contributed by atoms with Crippen molar-refractivity contribution in [3.63, 3.8) is 0 Å². The molecular formula is C33H33F3O5. The van der Waals surface area contributed by atoms with Crippen LogP contribution in [0.3, 0.4) is 0 Å². The average molecular weight is 567 g/mol. The number of fused-ring (bicyclic) bond motifs is 1. The van der Waals surface area contributed by atoms with Gasteiger partial charge in [-0.2, -0.15) is 13.2 Å². The number of esters is 2. The molecule has 5 nitrogen and oxygen atoms in total. The van der Waals surface area contributed by atoms with Crippen LogP contribution in [0.15, 0.2) is 72.3 Å². The zero-order valence-electron chi connectivity index (χ0n) is 23.6. The number of halogens is 3. The van der Waals surface area contributed by atoms with E-state index in [-0.39, 0.29) is 35.1 Å². The maximum absolute atomic E-state index is 14.0. The molecule has 2 atom stereocenters. The Bertz CT molecular complexity index is 1410. The van der Waals surface area contributed by atoms with Gasteiger partial charge in [0.15, 0.2) is 6.10 Å². The van der Waals surface area contributed by atoms with E-state index < -0.39 is 35.9 Å². The third-order valence-electron chi connectivity index (χ3n) is 6.91. The molecule has 1 aliphatic rings. The highest BCUT2D eigenvalue weighted by Crippen LogP contribution is 2.43. The summed E-state index contributed by atoms with van der Waals surface area (Å²) >= 11 is 0. The highest BCUT2D eigenvalue weighted by atomic mass is 19.4. The lowest BCUT2D eigenvalue weighted by atomic mass is 9.94. The topological polar surface area (TPSA) is 61.8 Å². The zero-order chi connectivity index (χ0) is 29.9. The van der Waals surface area contributed by atoms with E-state index in [1.54, 1.807) is 37.3 Å². The van der Waals surface area contributed by atoms with Crippen molar-refractivity contribution in [3.05, 3.63) is 106 Å². The standard InChI is InChI=1S/C33H33F3O5/c1-6-39-31(37)27-17-22-15-16-23(33(34,35)36)18-26(22)30(40-28(27)21-11-8-7-9-12-21)32(38)41-29-24(19(2)3)13-10-14-25(29)20(4)5/h7-20,28,30H,6H2,1-5H3/t28-,30+/m0/s1. The molecule has 216 valence electrons. The highest BCUT2D eigenvalue weighted by molar-refractivity contribution is 5.96. The quantitative estimate of drug-likeness (QED) is 0.213. The maximum atomic E-state index is 14.0. The maximum Gasteiger partial charge on any atom is 0.416 e. The lowest BCUT2D eigenvalue weighted by Crippen LogP contribution is -2.26. The van der Waals surface area contributed by atoms with Gasteiger partial charge < -0.3 is 14.2 Å².